The van der Waals surface area contributed by atoms with Crippen molar-refractivity contribution in [2.24, 2.45) is 5.84 Å². The largest absolute Gasteiger partial charge is 0.481 e. The second kappa shape index (κ2) is 4.95. The molecule has 0 aliphatic heterocycles. The zero-order valence-electron chi connectivity index (χ0n) is 7.96. The zero-order valence-corrected chi connectivity index (χ0v) is 8.72. The molecule has 6 heteroatoms. The number of carbonyl (C=O) groups excluding carboxylic acids is 1. The Kier molecular flexibility index (Phi) is 3.88. The lowest BCUT2D eigenvalue weighted by atomic mass is 10.3. The molecule has 15 heavy (non-hydrogen) atoms. The van der Waals surface area contributed by atoms with Crippen LogP contribution < -0.4 is 16.0 Å². The number of rotatable bonds is 3. The van der Waals surface area contributed by atoms with E-state index in [4.69, 9.17) is 22.2 Å². The number of benzene rings is 1. The van der Waals surface area contributed by atoms with Gasteiger partial charge in [-0.25, -0.2) is 10.2 Å². The fraction of sp³-hybridized carbons (Fsp3) is 0.222. The van der Waals surface area contributed by atoms with Crippen molar-refractivity contribution in [1.82, 2.24) is 5.43 Å². The van der Waals surface area contributed by atoms with Gasteiger partial charge in [0.05, 0.1) is 5.02 Å². The molecule has 0 aromatic heterocycles. The monoisotopic (exact) mass is 232 g/mol. The van der Waals surface area contributed by atoms with Crippen molar-refractivity contribution in [3.05, 3.63) is 29.0 Å². The summed E-state index contributed by atoms with van der Waals surface area (Å²) in [5, 5.41) is -0.0622. The SMILES string of the molecule is CC(Oc1ccc(F)c(Cl)c1)C(=O)NN. The van der Waals surface area contributed by atoms with Gasteiger partial charge >= 0.3 is 0 Å². The number of hydrogen-bond acceptors (Lipinski definition) is 3. The summed E-state index contributed by atoms with van der Waals surface area (Å²) in [6, 6.07) is 3.82. The van der Waals surface area contributed by atoms with Crippen LogP contribution in [0.15, 0.2) is 18.2 Å². The molecule has 0 spiro atoms. The molecule has 0 heterocycles. The number of hydrogen-bond donors (Lipinski definition) is 2. The molecule has 1 atom stereocenters. The first kappa shape index (κ1) is 11.7. The lowest BCUT2D eigenvalue weighted by Crippen LogP contribution is -2.40. The molecule has 0 saturated carbocycles. The van der Waals surface area contributed by atoms with Crippen molar-refractivity contribution in [2.45, 2.75) is 13.0 Å². The van der Waals surface area contributed by atoms with Gasteiger partial charge in [0, 0.05) is 6.07 Å². The highest BCUT2D eigenvalue weighted by Gasteiger charge is 2.13. The molecular weight excluding hydrogens is 223 g/mol. The average molecular weight is 233 g/mol. The molecule has 0 radical (unpaired) electrons. The molecule has 1 rings (SSSR count). The summed E-state index contributed by atoms with van der Waals surface area (Å²) in [5.41, 5.74) is 1.94. The van der Waals surface area contributed by atoms with Gasteiger partial charge in [0.2, 0.25) is 0 Å². The molecular formula is C9H10ClFN2O2. The summed E-state index contributed by atoms with van der Waals surface area (Å²) in [4.78, 5) is 11.0. The van der Waals surface area contributed by atoms with Crippen molar-refractivity contribution in [1.29, 1.82) is 0 Å². The first-order valence-electron chi connectivity index (χ1n) is 4.16. The van der Waals surface area contributed by atoms with Gasteiger partial charge in [-0.05, 0) is 19.1 Å². The van der Waals surface area contributed by atoms with Crippen molar-refractivity contribution in [3.63, 3.8) is 0 Å². The topological polar surface area (TPSA) is 64.3 Å². The maximum atomic E-state index is 12.8. The summed E-state index contributed by atoms with van der Waals surface area (Å²) in [7, 11) is 0. The number of nitrogens with two attached hydrogens (primary N) is 1. The zero-order chi connectivity index (χ0) is 11.4. The standard InChI is InChI=1S/C9H10ClFN2O2/c1-5(9(14)13-12)15-6-2-3-8(11)7(10)4-6/h2-5H,12H2,1H3,(H,13,14). The minimum Gasteiger partial charge on any atom is -0.481 e. The van der Waals surface area contributed by atoms with Crippen molar-refractivity contribution >= 4 is 17.5 Å². The number of ether oxygens (including phenoxy) is 1. The van der Waals surface area contributed by atoms with Crippen molar-refractivity contribution in [2.75, 3.05) is 0 Å². The highest BCUT2D eigenvalue weighted by Crippen LogP contribution is 2.21. The van der Waals surface area contributed by atoms with Crippen LogP contribution in [0, 0.1) is 5.82 Å². The van der Waals surface area contributed by atoms with Gasteiger partial charge in [-0.3, -0.25) is 10.2 Å². The highest BCUT2D eigenvalue weighted by molar-refractivity contribution is 6.30. The molecule has 3 N–H and O–H groups in total. The van der Waals surface area contributed by atoms with Crippen LogP contribution in [0.2, 0.25) is 5.02 Å². The number of nitrogens with one attached hydrogen (secondary N) is 1. The van der Waals surface area contributed by atoms with Gasteiger partial charge in [0.1, 0.15) is 11.6 Å². The Morgan fingerprint density at radius 1 is 1.67 bits per heavy atom. The van der Waals surface area contributed by atoms with Gasteiger partial charge in [0.15, 0.2) is 6.10 Å². The van der Waals surface area contributed by atoms with E-state index in [2.05, 4.69) is 0 Å². The van der Waals surface area contributed by atoms with Gasteiger partial charge in [-0.15, -0.1) is 0 Å². The third-order valence-corrected chi connectivity index (χ3v) is 2.01. The van der Waals surface area contributed by atoms with Crippen molar-refractivity contribution < 1.29 is 13.9 Å². The smallest absolute Gasteiger partial charge is 0.274 e. The second-order valence-corrected chi connectivity index (χ2v) is 3.25. The van der Waals surface area contributed by atoms with E-state index in [0.29, 0.717) is 5.75 Å². The molecule has 1 aromatic carbocycles. The molecule has 0 aliphatic carbocycles. The summed E-state index contributed by atoms with van der Waals surface area (Å²) < 4.78 is 17.9. The van der Waals surface area contributed by atoms with E-state index in [9.17, 15) is 9.18 Å². The van der Waals surface area contributed by atoms with Crippen LogP contribution in [0.4, 0.5) is 4.39 Å². The Bertz CT molecular complexity index is 373. The van der Waals surface area contributed by atoms with Crippen LogP contribution in [-0.4, -0.2) is 12.0 Å². The highest BCUT2D eigenvalue weighted by atomic mass is 35.5. The van der Waals surface area contributed by atoms with Gasteiger partial charge in [0.25, 0.3) is 5.91 Å². The summed E-state index contributed by atoms with van der Waals surface area (Å²) in [6.45, 7) is 1.51. The Morgan fingerprint density at radius 2 is 2.33 bits per heavy atom. The summed E-state index contributed by atoms with van der Waals surface area (Å²) in [5.74, 6) is 4.20. The Balaban J connectivity index is 2.73. The van der Waals surface area contributed by atoms with Crippen LogP contribution in [0.1, 0.15) is 6.92 Å². The molecule has 0 aliphatic rings. The lowest BCUT2D eigenvalue weighted by molar-refractivity contribution is -0.127. The molecule has 0 saturated heterocycles. The van der Waals surface area contributed by atoms with E-state index in [1.165, 1.54) is 19.1 Å². The van der Waals surface area contributed by atoms with Crippen LogP contribution in [-0.2, 0) is 4.79 Å². The van der Waals surface area contributed by atoms with E-state index in [-0.39, 0.29) is 5.02 Å². The average Bonchev–Trinajstić information content (AvgIpc) is 2.22. The Morgan fingerprint density at radius 3 is 2.87 bits per heavy atom. The predicted molar refractivity (Wildman–Crippen MR) is 53.8 cm³/mol. The molecule has 4 nitrogen and oxygen atoms in total. The maximum Gasteiger partial charge on any atom is 0.274 e. The van der Waals surface area contributed by atoms with Gasteiger partial charge in [-0.2, -0.15) is 0 Å². The minimum absolute atomic E-state index is 0.0622. The van der Waals surface area contributed by atoms with Crippen LogP contribution in [0.3, 0.4) is 0 Å². The third-order valence-electron chi connectivity index (χ3n) is 1.72. The maximum absolute atomic E-state index is 12.8. The van der Waals surface area contributed by atoms with E-state index in [1.807, 2.05) is 5.43 Å². The Hall–Kier alpha value is -1.33. The quantitative estimate of drug-likeness (QED) is 0.468. The molecule has 1 aromatic rings. The molecule has 0 fully saturated rings. The normalized spacial score (nSPS) is 12.0. The van der Waals surface area contributed by atoms with Crippen LogP contribution >= 0.6 is 11.6 Å². The minimum atomic E-state index is -0.767. The molecule has 1 amide bonds. The molecule has 1 unspecified atom stereocenters. The van der Waals surface area contributed by atoms with E-state index in [1.54, 1.807) is 0 Å². The first-order chi connectivity index (χ1) is 7.04. The number of halogens is 2. The van der Waals surface area contributed by atoms with Gasteiger partial charge < -0.3 is 4.74 Å². The Labute approximate surface area is 91.1 Å². The number of amides is 1. The van der Waals surface area contributed by atoms with Crippen LogP contribution in [0.25, 0.3) is 0 Å². The fourth-order valence-corrected chi connectivity index (χ4v) is 1.10. The fourth-order valence-electron chi connectivity index (χ4n) is 0.925. The first-order valence-corrected chi connectivity index (χ1v) is 4.54. The van der Waals surface area contributed by atoms with E-state index >= 15 is 0 Å². The second-order valence-electron chi connectivity index (χ2n) is 2.84. The summed E-state index contributed by atoms with van der Waals surface area (Å²) in [6.07, 6.45) is -0.767. The van der Waals surface area contributed by atoms with Crippen molar-refractivity contribution in [3.8, 4) is 5.75 Å². The van der Waals surface area contributed by atoms with Gasteiger partial charge in [-0.1, -0.05) is 11.6 Å². The number of hydrazine groups is 1. The molecule has 82 valence electrons. The van der Waals surface area contributed by atoms with Crippen LogP contribution in [0.5, 0.6) is 5.75 Å². The van der Waals surface area contributed by atoms with E-state index < -0.39 is 17.8 Å². The summed E-state index contributed by atoms with van der Waals surface area (Å²) >= 11 is 5.53. The molecule has 0 bridgehead atoms. The lowest BCUT2D eigenvalue weighted by Gasteiger charge is -2.12. The third kappa shape index (κ3) is 3.07. The van der Waals surface area contributed by atoms with E-state index in [0.717, 1.165) is 6.07 Å². The predicted octanol–water partition coefficient (Wildman–Crippen LogP) is 1.24. The number of carbonyl (C=O) groups is 1.